The van der Waals surface area contributed by atoms with Gasteiger partial charge in [0, 0.05) is 42.9 Å². The van der Waals surface area contributed by atoms with Gasteiger partial charge >= 0.3 is 6.03 Å². The highest BCUT2D eigenvalue weighted by molar-refractivity contribution is 5.84. The zero-order valence-corrected chi connectivity index (χ0v) is 20.8. The monoisotopic (exact) mass is 494 g/mol. The predicted molar refractivity (Wildman–Crippen MR) is 135 cm³/mol. The number of carbonyl (C=O) groups is 2. The molecular formula is C27H34N4O5. The molecule has 36 heavy (non-hydrogen) atoms. The van der Waals surface area contributed by atoms with Crippen molar-refractivity contribution in [2.75, 3.05) is 20.3 Å². The summed E-state index contributed by atoms with van der Waals surface area (Å²) < 4.78 is 6.93. The third-order valence-electron chi connectivity index (χ3n) is 7.96. The lowest BCUT2D eigenvalue weighted by Crippen LogP contribution is -2.52. The lowest BCUT2D eigenvalue weighted by atomic mass is 9.85. The Morgan fingerprint density at radius 2 is 1.89 bits per heavy atom. The fraction of sp³-hybridized carbons (Fsp3) is 0.519. The number of aliphatic hydroxyl groups is 1. The minimum absolute atomic E-state index is 0.138. The van der Waals surface area contributed by atoms with Crippen LogP contribution in [0.4, 0.5) is 4.79 Å². The first-order valence-corrected chi connectivity index (χ1v) is 12.8. The number of urea groups is 1. The molecule has 192 valence electrons. The van der Waals surface area contributed by atoms with Gasteiger partial charge in [0.05, 0.1) is 25.1 Å². The van der Waals surface area contributed by atoms with Gasteiger partial charge in [-0.2, -0.15) is 0 Å². The summed E-state index contributed by atoms with van der Waals surface area (Å²) in [5, 5.41) is 16.5. The number of rotatable bonds is 7. The third kappa shape index (κ3) is 4.05. The van der Waals surface area contributed by atoms with Crippen LogP contribution in [-0.2, 0) is 11.3 Å². The van der Waals surface area contributed by atoms with Crippen molar-refractivity contribution < 1.29 is 19.4 Å². The van der Waals surface area contributed by atoms with Gasteiger partial charge in [0.25, 0.3) is 5.56 Å². The van der Waals surface area contributed by atoms with E-state index in [1.165, 1.54) is 0 Å². The molecule has 4 atom stereocenters. The van der Waals surface area contributed by atoms with E-state index in [1.54, 1.807) is 22.6 Å². The van der Waals surface area contributed by atoms with Crippen LogP contribution in [0, 0.1) is 11.8 Å². The number of nitrogens with one attached hydrogen (secondary N) is 2. The van der Waals surface area contributed by atoms with Gasteiger partial charge in [-0.1, -0.05) is 19.1 Å². The first-order valence-electron chi connectivity index (χ1n) is 12.8. The average molecular weight is 495 g/mol. The molecule has 9 heteroatoms. The molecule has 1 saturated heterocycles. The standard InChI is InChI=1S/C27H34N4O5/c1-3-13-28-27(35)31-22-14-30-21(12-11-19(26(30)34)16-7-9-18(36-2)10-8-16)24(31)23(20(22)15-32)25(33)29-17-5-4-6-17/h7-12,17,20,22-24,32H,3-6,13-15H2,1-2H3,(H,28,35)(H,29,33)/t20-,22-,23+,24+/m0/s1. The highest BCUT2D eigenvalue weighted by Gasteiger charge is 2.57. The first kappa shape index (κ1) is 24.4. The molecule has 2 aliphatic heterocycles. The molecule has 0 radical (unpaired) electrons. The van der Waals surface area contributed by atoms with E-state index in [1.807, 2.05) is 37.3 Å². The maximum absolute atomic E-state index is 13.7. The van der Waals surface area contributed by atoms with Crippen LogP contribution < -0.4 is 20.9 Å². The summed E-state index contributed by atoms with van der Waals surface area (Å²) in [6.45, 7) is 2.48. The number of hydrogen-bond acceptors (Lipinski definition) is 5. The van der Waals surface area contributed by atoms with E-state index in [0.29, 0.717) is 23.6 Å². The van der Waals surface area contributed by atoms with Crippen LogP contribution in [0.3, 0.4) is 0 Å². The van der Waals surface area contributed by atoms with Crippen LogP contribution in [-0.4, -0.2) is 58.9 Å². The number of pyridine rings is 1. The van der Waals surface area contributed by atoms with Crippen LogP contribution in [0.1, 0.15) is 44.3 Å². The molecule has 3 heterocycles. The number of aromatic nitrogens is 1. The van der Waals surface area contributed by atoms with Crippen LogP contribution in [0.2, 0.25) is 0 Å². The van der Waals surface area contributed by atoms with Gasteiger partial charge in [0.1, 0.15) is 5.75 Å². The maximum atomic E-state index is 13.7. The number of hydrogen-bond donors (Lipinski definition) is 3. The number of aliphatic hydroxyl groups excluding tert-OH is 1. The van der Waals surface area contributed by atoms with Crippen molar-refractivity contribution >= 4 is 11.9 Å². The molecule has 1 aromatic heterocycles. The van der Waals surface area contributed by atoms with Crippen molar-refractivity contribution in [2.45, 2.75) is 57.3 Å². The minimum atomic E-state index is -0.632. The van der Waals surface area contributed by atoms with Gasteiger partial charge in [-0.25, -0.2) is 4.79 Å². The van der Waals surface area contributed by atoms with Crippen molar-refractivity contribution in [1.82, 2.24) is 20.1 Å². The zero-order valence-electron chi connectivity index (χ0n) is 20.8. The second-order valence-corrected chi connectivity index (χ2v) is 9.98. The average Bonchev–Trinajstić information content (AvgIpc) is 3.11. The fourth-order valence-corrected chi connectivity index (χ4v) is 5.85. The number of fused-ring (bicyclic) bond motifs is 4. The molecule has 3 N–H and O–H groups in total. The van der Waals surface area contributed by atoms with Gasteiger partial charge in [-0.15, -0.1) is 0 Å². The minimum Gasteiger partial charge on any atom is -0.497 e. The van der Waals surface area contributed by atoms with Gasteiger partial charge in [-0.05, 0) is 55.5 Å². The molecule has 9 nitrogen and oxygen atoms in total. The normalized spacial score (nSPS) is 24.6. The Morgan fingerprint density at radius 1 is 1.14 bits per heavy atom. The van der Waals surface area contributed by atoms with E-state index in [4.69, 9.17) is 4.74 Å². The second kappa shape index (κ2) is 9.97. The van der Waals surface area contributed by atoms with E-state index >= 15 is 0 Å². The predicted octanol–water partition coefficient (Wildman–Crippen LogP) is 2.28. The lowest BCUT2D eigenvalue weighted by molar-refractivity contribution is -0.128. The molecule has 1 saturated carbocycles. The topological polar surface area (TPSA) is 113 Å². The van der Waals surface area contributed by atoms with Gasteiger partial charge in [0.15, 0.2) is 0 Å². The summed E-state index contributed by atoms with van der Waals surface area (Å²) in [6.07, 6.45) is 3.75. The molecule has 2 bridgehead atoms. The van der Waals surface area contributed by atoms with E-state index < -0.39 is 23.9 Å². The van der Waals surface area contributed by atoms with Crippen molar-refractivity contribution in [1.29, 1.82) is 0 Å². The van der Waals surface area contributed by atoms with Gasteiger partial charge < -0.3 is 29.9 Å². The highest BCUT2D eigenvalue weighted by Crippen LogP contribution is 2.48. The smallest absolute Gasteiger partial charge is 0.318 e. The Kier molecular flexibility index (Phi) is 6.75. The molecule has 0 unspecified atom stereocenters. The molecule has 0 spiro atoms. The number of carbonyl (C=O) groups excluding carboxylic acids is 2. The van der Waals surface area contributed by atoms with E-state index in [-0.39, 0.29) is 36.7 Å². The summed E-state index contributed by atoms with van der Waals surface area (Å²) in [4.78, 5) is 42.2. The molecule has 5 rings (SSSR count). The number of benzene rings is 1. The number of ether oxygens (including phenoxy) is 1. The second-order valence-electron chi connectivity index (χ2n) is 9.98. The third-order valence-corrected chi connectivity index (χ3v) is 7.96. The molecular weight excluding hydrogens is 460 g/mol. The van der Waals surface area contributed by atoms with Crippen molar-refractivity contribution in [3.63, 3.8) is 0 Å². The van der Waals surface area contributed by atoms with Crippen molar-refractivity contribution in [2.24, 2.45) is 11.8 Å². The summed E-state index contributed by atoms with van der Waals surface area (Å²) in [6, 6.07) is 9.71. The van der Waals surface area contributed by atoms with Crippen LogP contribution >= 0.6 is 0 Å². The van der Waals surface area contributed by atoms with Crippen LogP contribution in [0.5, 0.6) is 5.75 Å². The largest absolute Gasteiger partial charge is 0.497 e. The molecule has 1 aromatic carbocycles. The Balaban J connectivity index is 1.57. The molecule has 2 fully saturated rings. The number of nitrogens with zero attached hydrogens (tertiary/aromatic N) is 2. The maximum Gasteiger partial charge on any atom is 0.318 e. The number of methoxy groups -OCH3 is 1. The summed E-state index contributed by atoms with van der Waals surface area (Å²) >= 11 is 0. The summed E-state index contributed by atoms with van der Waals surface area (Å²) in [5.74, 6) is -0.548. The van der Waals surface area contributed by atoms with E-state index in [0.717, 1.165) is 31.2 Å². The molecule has 3 aliphatic rings. The van der Waals surface area contributed by atoms with Crippen LogP contribution in [0.25, 0.3) is 11.1 Å². The fourth-order valence-electron chi connectivity index (χ4n) is 5.85. The molecule has 3 amide bonds. The SMILES string of the molecule is CCCNC(=O)N1[C@@H]2c3ccc(-c4ccc(OC)cc4)c(=O)n3C[C@H]1[C@H](CO)[C@H]2C(=O)NC1CCC1. The van der Waals surface area contributed by atoms with Gasteiger partial charge in [-0.3, -0.25) is 9.59 Å². The Labute approximate surface area is 210 Å². The van der Waals surface area contributed by atoms with Crippen molar-refractivity contribution in [3.8, 4) is 16.9 Å². The van der Waals surface area contributed by atoms with Crippen LogP contribution in [0.15, 0.2) is 41.2 Å². The van der Waals surface area contributed by atoms with E-state index in [2.05, 4.69) is 10.6 Å². The molecule has 1 aliphatic carbocycles. The molecule has 2 aromatic rings. The van der Waals surface area contributed by atoms with Gasteiger partial charge in [0.2, 0.25) is 5.91 Å². The summed E-state index contributed by atoms with van der Waals surface area (Å²) in [5.41, 5.74) is 1.77. The Hall–Kier alpha value is -3.33. The van der Waals surface area contributed by atoms with Crippen molar-refractivity contribution in [3.05, 3.63) is 52.4 Å². The lowest BCUT2D eigenvalue weighted by Gasteiger charge is -2.38. The zero-order chi connectivity index (χ0) is 25.4. The quantitative estimate of drug-likeness (QED) is 0.547. The highest BCUT2D eigenvalue weighted by atomic mass is 16.5. The van der Waals surface area contributed by atoms with E-state index in [9.17, 15) is 19.5 Å². The first-order chi connectivity index (χ1) is 17.5. The Bertz CT molecular complexity index is 1190. The number of amides is 3. The summed E-state index contributed by atoms with van der Waals surface area (Å²) in [7, 11) is 1.59. The Morgan fingerprint density at radius 3 is 2.50 bits per heavy atom.